The maximum absolute atomic E-state index is 13.8. The summed E-state index contributed by atoms with van der Waals surface area (Å²) in [5.41, 5.74) is 6.47. The number of fused-ring (bicyclic) bond motifs is 1. The van der Waals surface area contributed by atoms with E-state index in [9.17, 15) is 4.79 Å². The number of rotatable bonds is 8. The summed E-state index contributed by atoms with van der Waals surface area (Å²) in [5.74, 6) is 0.740. The molecule has 0 saturated carbocycles. The molecule has 0 radical (unpaired) electrons. The molecule has 0 aliphatic carbocycles. The van der Waals surface area contributed by atoms with Crippen LogP contribution in [0.25, 0.3) is 11.6 Å². The lowest BCUT2D eigenvalue weighted by molar-refractivity contribution is -0.122. The first kappa shape index (κ1) is 27.8. The number of aryl methyl sites for hydroxylation is 1. The van der Waals surface area contributed by atoms with Crippen LogP contribution in [0.3, 0.4) is 0 Å². The Morgan fingerprint density at radius 2 is 1.73 bits per heavy atom. The molecule has 2 aliphatic rings. The fourth-order valence-electron chi connectivity index (χ4n) is 5.62. The lowest BCUT2D eigenvalue weighted by Gasteiger charge is -2.43. The van der Waals surface area contributed by atoms with Gasteiger partial charge in [-0.05, 0) is 87.7 Å². The van der Waals surface area contributed by atoms with E-state index in [-0.39, 0.29) is 11.4 Å². The average molecular weight is 552 g/mol. The summed E-state index contributed by atoms with van der Waals surface area (Å²) in [6.45, 7) is 10.3. The van der Waals surface area contributed by atoms with E-state index in [1.54, 1.807) is 7.11 Å². The summed E-state index contributed by atoms with van der Waals surface area (Å²) in [6.07, 6.45) is 6.04. The molecule has 0 bridgehead atoms. The van der Waals surface area contributed by atoms with E-state index in [1.165, 1.54) is 28.5 Å². The highest BCUT2D eigenvalue weighted by atomic mass is 32.2. The minimum absolute atomic E-state index is 0.0175. The van der Waals surface area contributed by atoms with Crippen LogP contribution in [0.2, 0.25) is 0 Å². The highest BCUT2D eigenvalue weighted by Gasteiger charge is 2.34. The number of likely N-dealkylation sites (N-methyl/N-ethyl adjacent to an activating group) is 1. The van der Waals surface area contributed by atoms with Gasteiger partial charge in [-0.2, -0.15) is 0 Å². The molecule has 0 aromatic heterocycles. The quantitative estimate of drug-likeness (QED) is 0.267. The van der Waals surface area contributed by atoms with Gasteiger partial charge in [-0.1, -0.05) is 54.6 Å². The zero-order valence-corrected chi connectivity index (χ0v) is 24.8. The van der Waals surface area contributed by atoms with Crippen LogP contribution >= 0.6 is 11.8 Å². The van der Waals surface area contributed by atoms with Crippen molar-refractivity contribution >= 4 is 45.9 Å². The van der Waals surface area contributed by atoms with Gasteiger partial charge in [0, 0.05) is 36.0 Å². The number of anilines is 1. The Bertz CT molecular complexity index is 1480. The molecular formula is C34H37N3O2S. The number of hydrogen-bond acceptors (Lipinski definition) is 5. The average Bonchev–Trinajstić information content (AvgIpc) is 3.23. The largest absolute Gasteiger partial charge is 0.496 e. The van der Waals surface area contributed by atoms with Gasteiger partial charge in [0.1, 0.15) is 5.75 Å². The van der Waals surface area contributed by atoms with Crippen LogP contribution in [0.4, 0.5) is 11.4 Å². The van der Waals surface area contributed by atoms with Gasteiger partial charge in [-0.25, -0.2) is 4.99 Å². The molecule has 1 amide bonds. The van der Waals surface area contributed by atoms with Gasteiger partial charge in [0.25, 0.3) is 5.91 Å². The molecule has 5 rings (SSSR count). The Kier molecular flexibility index (Phi) is 8.17. The number of carbonyl (C=O) groups excluding carboxylic acids is 1. The molecule has 3 aromatic rings. The van der Waals surface area contributed by atoms with Crippen LogP contribution < -0.4 is 9.64 Å². The number of carbonyl (C=O) groups is 1. The van der Waals surface area contributed by atoms with Crippen LogP contribution in [0.5, 0.6) is 5.75 Å². The van der Waals surface area contributed by atoms with Crippen molar-refractivity contribution < 1.29 is 9.53 Å². The Labute approximate surface area is 242 Å². The molecule has 5 nitrogen and oxygen atoms in total. The summed E-state index contributed by atoms with van der Waals surface area (Å²) < 4.78 is 5.86. The molecule has 206 valence electrons. The number of amides is 1. The van der Waals surface area contributed by atoms with Gasteiger partial charge in [0.05, 0.1) is 23.2 Å². The van der Waals surface area contributed by atoms with Crippen molar-refractivity contribution in [3.05, 3.63) is 100 Å². The number of allylic oxidation sites excluding steroid dienone is 1. The number of ether oxygens (including phenoxy) is 1. The van der Waals surface area contributed by atoms with Crippen LogP contribution in [-0.2, 0) is 11.2 Å². The van der Waals surface area contributed by atoms with Crippen molar-refractivity contribution in [1.82, 2.24) is 4.90 Å². The van der Waals surface area contributed by atoms with E-state index in [0.717, 1.165) is 42.1 Å². The lowest BCUT2D eigenvalue weighted by atomic mass is 9.87. The van der Waals surface area contributed by atoms with Crippen molar-refractivity contribution in [3.63, 3.8) is 0 Å². The summed E-state index contributed by atoms with van der Waals surface area (Å²) >= 11 is 1.43. The molecule has 0 spiro atoms. The molecule has 2 aliphatic heterocycles. The maximum atomic E-state index is 13.8. The smallest absolute Gasteiger partial charge is 0.266 e. The van der Waals surface area contributed by atoms with Gasteiger partial charge >= 0.3 is 0 Å². The van der Waals surface area contributed by atoms with Gasteiger partial charge < -0.3 is 9.64 Å². The number of hydrogen-bond donors (Lipinski definition) is 0. The third-order valence-corrected chi connectivity index (χ3v) is 8.50. The second kappa shape index (κ2) is 11.8. The third-order valence-electron chi connectivity index (χ3n) is 7.49. The lowest BCUT2D eigenvalue weighted by Crippen LogP contribution is -2.44. The van der Waals surface area contributed by atoms with Crippen LogP contribution in [0, 0.1) is 0 Å². The molecule has 0 atom stereocenters. The topological polar surface area (TPSA) is 45.1 Å². The number of thioether (sulfide) groups is 1. The summed E-state index contributed by atoms with van der Waals surface area (Å²) in [7, 11) is 1.69. The van der Waals surface area contributed by atoms with E-state index in [1.807, 2.05) is 47.4 Å². The maximum Gasteiger partial charge on any atom is 0.266 e. The molecule has 0 N–H and O–H groups in total. The van der Waals surface area contributed by atoms with Crippen molar-refractivity contribution in [2.24, 2.45) is 4.99 Å². The normalized spacial score (nSPS) is 18.3. The van der Waals surface area contributed by atoms with Crippen molar-refractivity contribution in [3.8, 4) is 5.75 Å². The van der Waals surface area contributed by atoms with E-state index in [0.29, 0.717) is 16.6 Å². The predicted octanol–water partition coefficient (Wildman–Crippen LogP) is 7.95. The summed E-state index contributed by atoms with van der Waals surface area (Å²) in [6, 6.07) is 24.5. The van der Waals surface area contributed by atoms with Crippen molar-refractivity contribution in [1.29, 1.82) is 0 Å². The summed E-state index contributed by atoms with van der Waals surface area (Å²) in [4.78, 5) is 23.5. The molecule has 6 heteroatoms. The van der Waals surface area contributed by atoms with E-state index >= 15 is 0 Å². The first-order valence-electron chi connectivity index (χ1n) is 13.9. The number of aliphatic imine (C=N–C) groups is 1. The van der Waals surface area contributed by atoms with E-state index in [4.69, 9.17) is 9.73 Å². The number of benzene rings is 3. The first-order chi connectivity index (χ1) is 19.3. The SMILES string of the molecule is CCN1c2cc(OC)c(/C=C3/SC(=Nc4ccccc4)N(CCCc4ccccc4)C3=O)cc2C(C)=CC1(C)C. The van der Waals surface area contributed by atoms with Crippen LogP contribution in [-0.4, -0.2) is 41.7 Å². The highest BCUT2D eigenvalue weighted by Crippen LogP contribution is 2.43. The molecule has 3 aromatic carbocycles. The minimum Gasteiger partial charge on any atom is -0.496 e. The Morgan fingerprint density at radius 1 is 1.02 bits per heavy atom. The summed E-state index contributed by atoms with van der Waals surface area (Å²) in [5, 5.41) is 0.711. The van der Waals surface area contributed by atoms with Gasteiger partial charge in [0.2, 0.25) is 0 Å². The predicted molar refractivity (Wildman–Crippen MR) is 169 cm³/mol. The monoisotopic (exact) mass is 551 g/mol. The Balaban J connectivity index is 1.49. The standard InChI is InChI=1S/C34H37N3O2S/c1-6-37-29-22-30(39-5)26(20-28(29)24(2)23-34(37,3)4)21-31-32(38)36(19-13-16-25-14-9-7-10-15-25)33(40-31)35-27-17-11-8-12-18-27/h7-12,14-15,17-18,20-23H,6,13,16,19H2,1-5H3/b31-21+,35-33?. The fourth-order valence-corrected chi connectivity index (χ4v) is 6.63. The molecule has 1 saturated heterocycles. The number of nitrogens with zero attached hydrogens (tertiary/aromatic N) is 3. The molecule has 1 fully saturated rings. The number of methoxy groups -OCH3 is 1. The first-order valence-corrected chi connectivity index (χ1v) is 14.7. The highest BCUT2D eigenvalue weighted by molar-refractivity contribution is 8.18. The number of para-hydroxylation sites is 1. The molecule has 0 unspecified atom stereocenters. The Hall–Kier alpha value is -3.77. The molecule has 2 heterocycles. The second-order valence-corrected chi connectivity index (χ2v) is 11.7. The zero-order valence-electron chi connectivity index (χ0n) is 24.0. The molecule has 40 heavy (non-hydrogen) atoms. The van der Waals surface area contributed by atoms with Gasteiger partial charge in [-0.15, -0.1) is 0 Å². The minimum atomic E-state index is -0.0862. The van der Waals surface area contributed by atoms with E-state index in [2.05, 4.69) is 75.1 Å². The van der Waals surface area contributed by atoms with Crippen molar-refractivity contribution in [2.45, 2.75) is 46.1 Å². The zero-order chi connectivity index (χ0) is 28.3. The second-order valence-electron chi connectivity index (χ2n) is 10.7. The third kappa shape index (κ3) is 5.73. The van der Waals surface area contributed by atoms with E-state index < -0.39 is 0 Å². The van der Waals surface area contributed by atoms with Crippen LogP contribution in [0.15, 0.2) is 88.8 Å². The Morgan fingerprint density at radius 3 is 2.40 bits per heavy atom. The van der Waals surface area contributed by atoms with Gasteiger partial charge in [0.15, 0.2) is 5.17 Å². The fraction of sp³-hybridized carbons (Fsp3) is 0.294. The number of amidine groups is 1. The van der Waals surface area contributed by atoms with Crippen LogP contribution in [0.1, 0.15) is 50.8 Å². The molecular weight excluding hydrogens is 514 g/mol. The van der Waals surface area contributed by atoms with Gasteiger partial charge in [-0.3, -0.25) is 9.69 Å². The van der Waals surface area contributed by atoms with Crippen molar-refractivity contribution in [2.75, 3.05) is 25.1 Å².